The zero-order chi connectivity index (χ0) is 13.7. The Morgan fingerprint density at radius 1 is 1.47 bits per heavy atom. The molecule has 1 aromatic rings. The molecule has 1 aromatic carbocycles. The maximum Gasteiger partial charge on any atom is 0.228 e. The lowest BCUT2D eigenvalue weighted by atomic mass is 10.1. The number of halogens is 1. The van der Waals surface area contributed by atoms with Gasteiger partial charge in [-0.1, -0.05) is 13.0 Å². The number of nitrogens with one attached hydrogen (secondary N) is 1. The van der Waals surface area contributed by atoms with E-state index in [1.807, 2.05) is 11.8 Å². The summed E-state index contributed by atoms with van der Waals surface area (Å²) < 4.78 is 18.4. The van der Waals surface area contributed by atoms with Crippen LogP contribution >= 0.6 is 0 Å². The highest BCUT2D eigenvalue weighted by atomic mass is 19.1. The molecule has 19 heavy (non-hydrogen) atoms. The summed E-state index contributed by atoms with van der Waals surface area (Å²) in [5.74, 6) is -0.00202. The molecule has 5 heteroatoms. The van der Waals surface area contributed by atoms with Crippen LogP contribution in [0.25, 0.3) is 0 Å². The van der Waals surface area contributed by atoms with Crippen molar-refractivity contribution in [1.29, 1.82) is 0 Å². The molecule has 0 bridgehead atoms. The van der Waals surface area contributed by atoms with Crippen LogP contribution in [-0.2, 0) is 4.79 Å². The van der Waals surface area contributed by atoms with E-state index in [1.54, 1.807) is 12.1 Å². The predicted molar refractivity (Wildman–Crippen MR) is 70.5 cm³/mol. The second-order valence-electron chi connectivity index (χ2n) is 4.74. The number of piperazine rings is 1. The second kappa shape index (κ2) is 6.52. The Morgan fingerprint density at radius 2 is 2.21 bits per heavy atom. The Bertz CT molecular complexity index is 433. The fourth-order valence-electron chi connectivity index (χ4n) is 2.05. The molecule has 1 atom stereocenters. The number of ether oxygens (including phenoxy) is 1. The number of hydrogen-bond acceptors (Lipinski definition) is 3. The fourth-order valence-corrected chi connectivity index (χ4v) is 2.05. The molecule has 1 aliphatic rings. The molecule has 0 aliphatic carbocycles. The molecule has 0 spiro atoms. The van der Waals surface area contributed by atoms with Gasteiger partial charge in [0, 0.05) is 32.2 Å². The third-order valence-corrected chi connectivity index (χ3v) is 3.15. The first-order valence-electron chi connectivity index (χ1n) is 6.54. The topological polar surface area (TPSA) is 41.6 Å². The van der Waals surface area contributed by atoms with Crippen molar-refractivity contribution in [1.82, 2.24) is 10.2 Å². The van der Waals surface area contributed by atoms with Crippen LogP contribution in [0, 0.1) is 11.7 Å². The summed E-state index contributed by atoms with van der Waals surface area (Å²) in [4.78, 5) is 14.0. The molecule has 104 valence electrons. The Morgan fingerprint density at radius 3 is 2.89 bits per heavy atom. The molecular formula is C14H19FN2O2. The molecule has 2 rings (SSSR count). The van der Waals surface area contributed by atoms with Crippen LogP contribution in [0.15, 0.2) is 24.3 Å². The standard InChI is InChI=1S/C14H19FN2O2/c1-11(14(18)17-7-5-16-6-8-17)10-19-13-4-2-3-12(15)9-13/h2-4,9,11,16H,5-8,10H2,1H3. The van der Waals surface area contributed by atoms with Crippen LogP contribution in [0.5, 0.6) is 5.75 Å². The number of nitrogens with zero attached hydrogens (tertiary/aromatic N) is 1. The van der Waals surface area contributed by atoms with Crippen molar-refractivity contribution in [2.45, 2.75) is 6.92 Å². The quantitative estimate of drug-likeness (QED) is 0.892. The van der Waals surface area contributed by atoms with Gasteiger partial charge in [0.15, 0.2) is 0 Å². The molecule has 0 radical (unpaired) electrons. The van der Waals surface area contributed by atoms with Gasteiger partial charge in [-0.05, 0) is 12.1 Å². The summed E-state index contributed by atoms with van der Waals surface area (Å²) in [5, 5.41) is 3.21. The highest BCUT2D eigenvalue weighted by molar-refractivity contribution is 5.78. The molecular weight excluding hydrogens is 247 g/mol. The molecule has 4 nitrogen and oxygen atoms in total. The first-order chi connectivity index (χ1) is 9.16. The molecule has 1 unspecified atom stereocenters. The first-order valence-corrected chi connectivity index (χ1v) is 6.54. The minimum atomic E-state index is -0.335. The lowest BCUT2D eigenvalue weighted by molar-refractivity contribution is -0.136. The van der Waals surface area contributed by atoms with Gasteiger partial charge < -0.3 is 15.0 Å². The van der Waals surface area contributed by atoms with E-state index >= 15 is 0 Å². The largest absolute Gasteiger partial charge is 0.493 e. The van der Waals surface area contributed by atoms with E-state index in [1.165, 1.54) is 12.1 Å². The third-order valence-electron chi connectivity index (χ3n) is 3.15. The van der Waals surface area contributed by atoms with Gasteiger partial charge in [-0.15, -0.1) is 0 Å². The molecule has 1 heterocycles. The number of hydrogen-bond donors (Lipinski definition) is 1. The van der Waals surface area contributed by atoms with Gasteiger partial charge in [0.2, 0.25) is 5.91 Å². The SMILES string of the molecule is CC(COc1cccc(F)c1)C(=O)N1CCNCC1. The molecule has 1 fully saturated rings. The highest BCUT2D eigenvalue weighted by Gasteiger charge is 2.22. The lowest BCUT2D eigenvalue weighted by Gasteiger charge is -2.29. The Kier molecular flexibility index (Phi) is 4.74. The van der Waals surface area contributed by atoms with E-state index in [0.717, 1.165) is 26.2 Å². The smallest absolute Gasteiger partial charge is 0.228 e. The molecule has 1 amide bonds. The maximum atomic E-state index is 13.0. The van der Waals surface area contributed by atoms with E-state index in [9.17, 15) is 9.18 Å². The minimum absolute atomic E-state index is 0.0953. The maximum absolute atomic E-state index is 13.0. The van der Waals surface area contributed by atoms with Crippen molar-refractivity contribution < 1.29 is 13.9 Å². The second-order valence-corrected chi connectivity index (χ2v) is 4.74. The van der Waals surface area contributed by atoms with Gasteiger partial charge in [0.25, 0.3) is 0 Å². The van der Waals surface area contributed by atoms with Crippen molar-refractivity contribution in [3.63, 3.8) is 0 Å². The van der Waals surface area contributed by atoms with E-state index in [2.05, 4.69) is 5.32 Å². The molecule has 0 saturated carbocycles. The summed E-state index contributed by atoms with van der Waals surface area (Å²) in [6.07, 6.45) is 0. The third kappa shape index (κ3) is 3.92. The van der Waals surface area contributed by atoms with Gasteiger partial charge in [0.05, 0.1) is 12.5 Å². The van der Waals surface area contributed by atoms with Gasteiger partial charge >= 0.3 is 0 Å². The normalized spacial score (nSPS) is 17.1. The lowest BCUT2D eigenvalue weighted by Crippen LogP contribution is -2.48. The fraction of sp³-hybridized carbons (Fsp3) is 0.500. The highest BCUT2D eigenvalue weighted by Crippen LogP contribution is 2.14. The number of carbonyl (C=O) groups excluding carboxylic acids is 1. The molecule has 1 saturated heterocycles. The van der Waals surface area contributed by atoms with Crippen molar-refractivity contribution in [2.24, 2.45) is 5.92 Å². The van der Waals surface area contributed by atoms with Gasteiger partial charge in [-0.25, -0.2) is 4.39 Å². The summed E-state index contributed by atoms with van der Waals surface area (Å²) in [6.45, 7) is 5.26. The number of benzene rings is 1. The summed E-state index contributed by atoms with van der Waals surface area (Å²) in [5.41, 5.74) is 0. The zero-order valence-electron chi connectivity index (χ0n) is 11.1. The number of rotatable bonds is 4. The first kappa shape index (κ1) is 13.8. The van der Waals surface area contributed by atoms with Crippen LogP contribution in [-0.4, -0.2) is 43.6 Å². The average molecular weight is 266 g/mol. The van der Waals surface area contributed by atoms with Gasteiger partial charge in [-0.2, -0.15) is 0 Å². The Labute approximate surface area is 112 Å². The van der Waals surface area contributed by atoms with Gasteiger partial charge in [0.1, 0.15) is 11.6 Å². The Balaban J connectivity index is 1.83. The van der Waals surface area contributed by atoms with E-state index in [-0.39, 0.29) is 24.2 Å². The molecule has 1 aliphatic heterocycles. The monoisotopic (exact) mass is 266 g/mol. The van der Waals surface area contributed by atoms with Crippen LogP contribution < -0.4 is 10.1 Å². The number of carbonyl (C=O) groups is 1. The summed E-state index contributed by atoms with van der Waals surface area (Å²) in [7, 11) is 0. The van der Waals surface area contributed by atoms with Crippen LogP contribution in [0.3, 0.4) is 0 Å². The van der Waals surface area contributed by atoms with Crippen molar-refractivity contribution in [2.75, 3.05) is 32.8 Å². The minimum Gasteiger partial charge on any atom is -0.493 e. The van der Waals surface area contributed by atoms with Crippen LogP contribution in [0.4, 0.5) is 4.39 Å². The van der Waals surface area contributed by atoms with Crippen molar-refractivity contribution in [3.05, 3.63) is 30.1 Å². The van der Waals surface area contributed by atoms with Crippen molar-refractivity contribution in [3.8, 4) is 5.75 Å². The summed E-state index contributed by atoms with van der Waals surface area (Å²) in [6, 6.07) is 5.96. The van der Waals surface area contributed by atoms with Crippen LogP contribution in [0.1, 0.15) is 6.92 Å². The molecule has 0 aromatic heterocycles. The van der Waals surface area contributed by atoms with E-state index < -0.39 is 0 Å². The average Bonchev–Trinajstić information content (AvgIpc) is 2.45. The Hall–Kier alpha value is -1.62. The van der Waals surface area contributed by atoms with E-state index in [4.69, 9.17) is 4.74 Å². The summed E-state index contributed by atoms with van der Waals surface area (Å²) >= 11 is 0. The van der Waals surface area contributed by atoms with E-state index in [0.29, 0.717) is 5.75 Å². The van der Waals surface area contributed by atoms with Gasteiger partial charge in [-0.3, -0.25) is 4.79 Å². The predicted octanol–water partition coefficient (Wildman–Crippen LogP) is 1.27. The molecule has 1 N–H and O–H groups in total. The zero-order valence-corrected chi connectivity index (χ0v) is 11.1. The number of amides is 1. The van der Waals surface area contributed by atoms with Crippen molar-refractivity contribution >= 4 is 5.91 Å². The van der Waals surface area contributed by atoms with Crippen LogP contribution in [0.2, 0.25) is 0 Å².